The number of fused-ring (bicyclic) bond motifs is 1. The summed E-state index contributed by atoms with van der Waals surface area (Å²) in [4.78, 5) is 18.4. The standard InChI is InChI=1S/C27H23ClN4O4S3/c1-29-27-31-22(15-37-27)16-4-10-23(36-3)21(13-16)30-26(33)25-14-17-12-19(7-11-24(17)38-25)32(2)39(34,35)20-8-5-18(28)6-9-20/h4-15H,1-3H3,(H,29,31)(H,30,33). The van der Waals surface area contributed by atoms with Gasteiger partial charge in [-0.25, -0.2) is 13.4 Å². The third-order valence-electron chi connectivity index (χ3n) is 6.02. The fourth-order valence-electron chi connectivity index (χ4n) is 3.91. The molecule has 5 aromatic rings. The Labute approximate surface area is 238 Å². The number of thiazole rings is 1. The van der Waals surface area contributed by atoms with Gasteiger partial charge in [0.1, 0.15) is 5.75 Å². The number of benzene rings is 3. The van der Waals surface area contributed by atoms with Crippen LogP contribution < -0.4 is 19.7 Å². The molecule has 0 radical (unpaired) electrons. The molecule has 0 atom stereocenters. The van der Waals surface area contributed by atoms with E-state index in [1.54, 1.807) is 31.4 Å². The van der Waals surface area contributed by atoms with Crippen molar-refractivity contribution >= 4 is 76.8 Å². The van der Waals surface area contributed by atoms with Gasteiger partial charge in [-0.05, 0) is 72.1 Å². The van der Waals surface area contributed by atoms with Gasteiger partial charge in [-0.15, -0.1) is 22.7 Å². The largest absolute Gasteiger partial charge is 0.495 e. The Bertz CT molecular complexity index is 1780. The molecule has 0 saturated carbocycles. The van der Waals surface area contributed by atoms with Crippen molar-refractivity contribution < 1.29 is 17.9 Å². The normalized spacial score (nSPS) is 11.4. The lowest BCUT2D eigenvalue weighted by atomic mass is 10.1. The SMILES string of the molecule is CNc1nc(-c2ccc(OC)c(NC(=O)c3cc4cc(N(C)S(=O)(=O)c5ccc(Cl)cc5)ccc4s3)c2)cs1. The van der Waals surface area contributed by atoms with E-state index >= 15 is 0 Å². The maximum absolute atomic E-state index is 13.2. The molecule has 3 aromatic carbocycles. The second-order valence-corrected chi connectivity index (χ2v) is 12.8. The van der Waals surface area contributed by atoms with E-state index < -0.39 is 10.0 Å². The number of sulfonamides is 1. The van der Waals surface area contributed by atoms with Crippen molar-refractivity contribution in [3.05, 3.63) is 82.0 Å². The molecule has 1 amide bonds. The quantitative estimate of drug-likeness (QED) is 0.204. The van der Waals surface area contributed by atoms with E-state index in [0.29, 0.717) is 27.0 Å². The number of carbonyl (C=O) groups excluding carboxylic acids is 1. The second kappa shape index (κ2) is 10.9. The summed E-state index contributed by atoms with van der Waals surface area (Å²) < 4.78 is 33.7. The maximum atomic E-state index is 13.2. The third kappa shape index (κ3) is 5.44. The number of hydrogen-bond donors (Lipinski definition) is 2. The van der Waals surface area contributed by atoms with Crippen molar-refractivity contribution in [2.75, 3.05) is 36.1 Å². The summed E-state index contributed by atoms with van der Waals surface area (Å²) in [5, 5.41) is 9.91. The Balaban J connectivity index is 1.40. The van der Waals surface area contributed by atoms with Crippen LogP contribution >= 0.6 is 34.3 Å². The van der Waals surface area contributed by atoms with Crippen molar-refractivity contribution in [3.8, 4) is 17.0 Å². The van der Waals surface area contributed by atoms with Crippen LogP contribution in [0.5, 0.6) is 5.75 Å². The minimum absolute atomic E-state index is 0.135. The Morgan fingerprint density at radius 3 is 2.51 bits per heavy atom. The Morgan fingerprint density at radius 1 is 1.05 bits per heavy atom. The van der Waals surface area contributed by atoms with Crippen LogP contribution in [0.3, 0.4) is 0 Å². The highest BCUT2D eigenvalue weighted by atomic mass is 35.5. The van der Waals surface area contributed by atoms with Crippen LogP contribution in [-0.2, 0) is 10.0 Å². The maximum Gasteiger partial charge on any atom is 0.265 e. The minimum atomic E-state index is -3.79. The summed E-state index contributed by atoms with van der Waals surface area (Å²) in [5.74, 6) is 0.220. The number of nitrogens with zero attached hydrogens (tertiary/aromatic N) is 2. The van der Waals surface area contributed by atoms with Crippen molar-refractivity contribution in [2.45, 2.75) is 4.90 Å². The molecule has 200 valence electrons. The van der Waals surface area contributed by atoms with E-state index in [4.69, 9.17) is 16.3 Å². The van der Waals surface area contributed by atoms with Gasteiger partial charge in [0.05, 0.1) is 34.0 Å². The number of aromatic nitrogens is 1. The summed E-state index contributed by atoms with van der Waals surface area (Å²) in [6.45, 7) is 0. The average Bonchev–Trinajstić information content (AvgIpc) is 3.60. The van der Waals surface area contributed by atoms with E-state index in [2.05, 4.69) is 15.6 Å². The molecule has 0 unspecified atom stereocenters. The van der Waals surface area contributed by atoms with Gasteiger partial charge in [0.15, 0.2) is 5.13 Å². The number of halogens is 1. The van der Waals surface area contributed by atoms with Crippen LogP contribution in [0.2, 0.25) is 5.02 Å². The molecule has 5 rings (SSSR count). The molecule has 0 spiro atoms. The summed E-state index contributed by atoms with van der Waals surface area (Å²) in [6, 6.07) is 18.5. The number of amides is 1. The summed E-state index contributed by atoms with van der Waals surface area (Å²) in [7, 11) is 1.06. The van der Waals surface area contributed by atoms with Crippen LogP contribution in [0.1, 0.15) is 9.67 Å². The first kappa shape index (κ1) is 26.9. The van der Waals surface area contributed by atoms with E-state index in [-0.39, 0.29) is 10.8 Å². The lowest BCUT2D eigenvalue weighted by Gasteiger charge is -2.19. The average molecular weight is 599 g/mol. The number of hydrogen-bond acceptors (Lipinski definition) is 8. The minimum Gasteiger partial charge on any atom is -0.495 e. The van der Waals surface area contributed by atoms with Gasteiger partial charge in [-0.2, -0.15) is 0 Å². The summed E-state index contributed by atoms with van der Waals surface area (Å²) in [6.07, 6.45) is 0. The number of methoxy groups -OCH3 is 1. The molecule has 0 aliphatic carbocycles. The van der Waals surface area contributed by atoms with Crippen LogP contribution in [0.15, 0.2) is 77.0 Å². The Kier molecular flexibility index (Phi) is 7.50. The highest BCUT2D eigenvalue weighted by molar-refractivity contribution is 7.92. The van der Waals surface area contributed by atoms with Gasteiger partial charge >= 0.3 is 0 Å². The van der Waals surface area contributed by atoms with Crippen molar-refractivity contribution in [1.29, 1.82) is 0 Å². The van der Waals surface area contributed by atoms with Gasteiger partial charge in [0.2, 0.25) is 0 Å². The summed E-state index contributed by atoms with van der Waals surface area (Å²) >= 11 is 8.72. The van der Waals surface area contributed by atoms with Crippen LogP contribution in [0, 0.1) is 0 Å². The molecule has 2 N–H and O–H groups in total. The Morgan fingerprint density at radius 2 is 1.82 bits per heavy atom. The number of carbonyl (C=O) groups is 1. The molecule has 2 heterocycles. The monoisotopic (exact) mass is 598 g/mol. The molecule has 0 aliphatic rings. The predicted octanol–water partition coefficient (Wildman–Crippen LogP) is 6.81. The van der Waals surface area contributed by atoms with E-state index in [0.717, 1.165) is 26.5 Å². The van der Waals surface area contributed by atoms with Gasteiger partial charge in [0.25, 0.3) is 15.9 Å². The van der Waals surface area contributed by atoms with Gasteiger partial charge < -0.3 is 15.4 Å². The zero-order chi connectivity index (χ0) is 27.7. The second-order valence-electron chi connectivity index (χ2n) is 8.42. The molecule has 39 heavy (non-hydrogen) atoms. The van der Waals surface area contributed by atoms with E-state index in [1.807, 2.05) is 30.6 Å². The molecular weight excluding hydrogens is 576 g/mol. The van der Waals surface area contributed by atoms with Crippen LogP contribution in [0.4, 0.5) is 16.5 Å². The topological polar surface area (TPSA) is 101 Å². The van der Waals surface area contributed by atoms with E-state index in [1.165, 1.54) is 58.3 Å². The van der Waals surface area contributed by atoms with E-state index in [9.17, 15) is 13.2 Å². The lowest BCUT2D eigenvalue weighted by molar-refractivity contribution is 0.103. The zero-order valence-electron chi connectivity index (χ0n) is 21.1. The molecule has 0 fully saturated rings. The fraction of sp³-hybridized carbons (Fsp3) is 0.111. The highest BCUT2D eigenvalue weighted by Crippen LogP contribution is 2.35. The number of ether oxygens (including phenoxy) is 1. The summed E-state index contributed by atoms with van der Waals surface area (Å²) in [5.41, 5.74) is 2.62. The van der Waals surface area contributed by atoms with Gasteiger partial charge in [-0.1, -0.05) is 11.6 Å². The molecule has 2 aromatic heterocycles. The van der Waals surface area contributed by atoms with Crippen molar-refractivity contribution in [3.63, 3.8) is 0 Å². The smallest absolute Gasteiger partial charge is 0.265 e. The van der Waals surface area contributed by atoms with Gasteiger partial charge in [-0.3, -0.25) is 9.10 Å². The van der Waals surface area contributed by atoms with Crippen LogP contribution in [-0.4, -0.2) is 40.5 Å². The fourth-order valence-corrected chi connectivity index (χ4v) is 6.84. The first-order valence-corrected chi connectivity index (χ1v) is 15.1. The number of anilines is 3. The number of rotatable bonds is 8. The Hall–Kier alpha value is -3.64. The predicted molar refractivity (Wildman–Crippen MR) is 160 cm³/mol. The number of thiophene rings is 1. The van der Waals surface area contributed by atoms with Crippen molar-refractivity contribution in [1.82, 2.24) is 4.98 Å². The molecule has 0 aliphatic heterocycles. The molecule has 0 saturated heterocycles. The molecular formula is C27H23ClN4O4S3. The van der Waals surface area contributed by atoms with Gasteiger partial charge in [0, 0.05) is 34.8 Å². The zero-order valence-corrected chi connectivity index (χ0v) is 24.3. The highest BCUT2D eigenvalue weighted by Gasteiger charge is 2.22. The van der Waals surface area contributed by atoms with Crippen molar-refractivity contribution in [2.24, 2.45) is 0 Å². The lowest BCUT2D eigenvalue weighted by Crippen LogP contribution is -2.26. The molecule has 0 bridgehead atoms. The first-order chi connectivity index (χ1) is 18.7. The van der Waals surface area contributed by atoms with Crippen LogP contribution in [0.25, 0.3) is 21.3 Å². The molecule has 8 nitrogen and oxygen atoms in total. The first-order valence-electron chi connectivity index (χ1n) is 11.6. The molecule has 12 heteroatoms. The third-order valence-corrected chi connectivity index (χ3v) is 10.0. The number of nitrogens with one attached hydrogen (secondary N) is 2.